The highest BCUT2D eigenvalue weighted by Crippen LogP contribution is 2.37. The van der Waals surface area contributed by atoms with Gasteiger partial charge in [-0.1, -0.05) is 0 Å². The zero-order valence-corrected chi connectivity index (χ0v) is 21.1. The van der Waals surface area contributed by atoms with Crippen LogP contribution in [-0.4, -0.2) is 58.7 Å². The van der Waals surface area contributed by atoms with Gasteiger partial charge in [0.15, 0.2) is 11.5 Å². The van der Waals surface area contributed by atoms with Crippen LogP contribution in [0.4, 0.5) is 15.8 Å². The summed E-state index contributed by atoms with van der Waals surface area (Å²) in [5.41, 5.74) is 1.25. The van der Waals surface area contributed by atoms with E-state index in [0.29, 0.717) is 24.6 Å². The molecule has 1 N–H and O–H groups in total. The minimum Gasteiger partial charge on any atom is -0.495 e. The van der Waals surface area contributed by atoms with Crippen LogP contribution in [0.5, 0.6) is 17.2 Å². The average molecular weight is 539 g/mol. The quantitative estimate of drug-likeness (QED) is 0.508. The van der Waals surface area contributed by atoms with Crippen molar-refractivity contribution >= 4 is 27.3 Å². The number of fused-ring (bicyclic) bond motifs is 1. The van der Waals surface area contributed by atoms with E-state index < -0.39 is 15.9 Å². The molecule has 10 nitrogen and oxygen atoms in total. The van der Waals surface area contributed by atoms with Gasteiger partial charge in [0, 0.05) is 49.6 Å². The number of ether oxygens (including phenoxy) is 3. The number of rotatable bonds is 6. The molecule has 38 heavy (non-hydrogen) atoms. The fraction of sp³-hybridized carbons (Fsp3) is 0.231. The maximum absolute atomic E-state index is 13.6. The van der Waals surface area contributed by atoms with Crippen LogP contribution in [0.3, 0.4) is 0 Å². The first-order valence-corrected chi connectivity index (χ1v) is 13.1. The third-order valence-electron chi connectivity index (χ3n) is 6.36. The summed E-state index contributed by atoms with van der Waals surface area (Å²) < 4.78 is 57.7. The van der Waals surface area contributed by atoms with Gasteiger partial charge in [0.05, 0.1) is 18.4 Å². The highest BCUT2D eigenvalue weighted by molar-refractivity contribution is 7.89. The molecule has 0 aromatic heterocycles. The molecule has 0 unspecified atom stereocenters. The number of hydrogen-bond acceptors (Lipinski definition) is 8. The van der Waals surface area contributed by atoms with Gasteiger partial charge in [0.1, 0.15) is 22.5 Å². The van der Waals surface area contributed by atoms with Crippen molar-refractivity contribution in [2.45, 2.75) is 4.90 Å². The summed E-state index contributed by atoms with van der Waals surface area (Å²) in [5.74, 6) is -0.0637. The molecule has 0 spiro atoms. The van der Waals surface area contributed by atoms with E-state index in [1.807, 2.05) is 11.0 Å². The van der Waals surface area contributed by atoms with Gasteiger partial charge in [0.2, 0.25) is 16.8 Å². The lowest BCUT2D eigenvalue weighted by Crippen LogP contribution is -2.48. The summed E-state index contributed by atoms with van der Waals surface area (Å²) in [6.07, 6.45) is 0. The van der Waals surface area contributed by atoms with Crippen LogP contribution in [0.25, 0.3) is 0 Å². The first-order valence-electron chi connectivity index (χ1n) is 11.6. The number of carbonyl (C=O) groups is 1. The number of sulfonamides is 1. The van der Waals surface area contributed by atoms with Gasteiger partial charge in [-0.3, -0.25) is 4.79 Å². The van der Waals surface area contributed by atoms with E-state index in [4.69, 9.17) is 14.2 Å². The van der Waals surface area contributed by atoms with Crippen LogP contribution in [-0.2, 0) is 10.0 Å². The van der Waals surface area contributed by atoms with Crippen molar-refractivity contribution in [3.63, 3.8) is 0 Å². The molecule has 12 heteroatoms. The summed E-state index contributed by atoms with van der Waals surface area (Å²) in [7, 11) is -2.66. The fourth-order valence-corrected chi connectivity index (χ4v) is 5.93. The SMILES string of the molecule is COc1ccc(C(=O)Nc2cc3c(cc2C#N)OCO3)cc1S(=O)(=O)N1CCN(c2ccc(F)cc2)CC1. The normalized spacial score (nSPS) is 15.1. The van der Waals surface area contributed by atoms with Gasteiger partial charge >= 0.3 is 0 Å². The number of halogens is 1. The van der Waals surface area contributed by atoms with Crippen molar-refractivity contribution in [1.29, 1.82) is 5.26 Å². The predicted molar refractivity (Wildman–Crippen MR) is 136 cm³/mol. The van der Waals surface area contributed by atoms with E-state index >= 15 is 0 Å². The molecule has 0 aliphatic carbocycles. The minimum atomic E-state index is -4.01. The Labute approximate surface area is 218 Å². The molecule has 0 bridgehead atoms. The summed E-state index contributed by atoms with van der Waals surface area (Å²) >= 11 is 0. The molecule has 196 valence electrons. The third-order valence-corrected chi connectivity index (χ3v) is 8.28. The fourth-order valence-electron chi connectivity index (χ4n) is 4.33. The van der Waals surface area contributed by atoms with Crippen LogP contribution < -0.4 is 24.4 Å². The van der Waals surface area contributed by atoms with Gasteiger partial charge in [-0.25, -0.2) is 12.8 Å². The second-order valence-electron chi connectivity index (χ2n) is 8.55. The molecule has 2 heterocycles. The molecular weight excluding hydrogens is 515 g/mol. The Morgan fingerprint density at radius 1 is 1.03 bits per heavy atom. The third kappa shape index (κ3) is 4.81. The van der Waals surface area contributed by atoms with Gasteiger partial charge in [0.25, 0.3) is 5.91 Å². The molecule has 5 rings (SSSR count). The van der Waals surface area contributed by atoms with E-state index in [0.717, 1.165) is 5.69 Å². The molecule has 0 saturated carbocycles. The van der Waals surface area contributed by atoms with E-state index in [2.05, 4.69) is 5.32 Å². The lowest BCUT2D eigenvalue weighted by Gasteiger charge is -2.35. The Morgan fingerprint density at radius 2 is 1.71 bits per heavy atom. The topological polar surface area (TPSA) is 121 Å². The van der Waals surface area contributed by atoms with E-state index in [1.165, 1.54) is 53.9 Å². The van der Waals surface area contributed by atoms with Gasteiger partial charge in [-0.2, -0.15) is 9.57 Å². The molecule has 1 saturated heterocycles. The Bertz CT molecular complexity index is 1530. The number of amides is 1. The van der Waals surface area contributed by atoms with Crippen LogP contribution in [0.15, 0.2) is 59.5 Å². The number of hydrogen-bond donors (Lipinski definition) is 1. The molecular formula is C26H23FN4O6S. The predicted octanol–water partition coefficient (Wildman–Crippen LogP) is 3.20. The lowest BCUT2D eigenvalue weighted by atomic mass is 10.1. The number of nitrogens with one attached hydrogen (secondary N) is 1. The number of benzene rings is 3. The number of nitriles is 1. The van der Waals surface area contributed by atoms with Crippen molar-refractivity contribution in [2.24, 2.45) is 0 Å². The monoisotopic (exact) mass is 538 g/mol. The first kappa shape index (κ1) is 25.3. The molecule has 0 atom stereocenters. The molecule has 3 aromatic carbocycles. The van der Waals surface area contributed by atoms with Gasteiger partial charge < -0.3 is 24.4 Å². The van der Waals surface area contributed by atoms with Crippen molar-refractivity contribution in [2.75, 3.05) is 50.3 Å². The largest absolute Gasteiger partial charge is 0.495 e. The number of carbonyl (C=O) groups excluding carboxylic acids is 1. The van der Waals surface area contributed by atoms with Crippen molar-refractivity contribution in [1.82, 2.24) is 4.31 Å². The Hall–Kier alpha value is -4.34. The second-order valence-corrected chi connectivity index (χ2v) is 10.5. The summed E-state index contributed by atoms with van der Waals surface area (Å²) in [5, 5.41) is 12.1. The van der Waals surface area contributed by atoms with E-state index in [1.54, 1.807) is 12.1 Å². The highest BCUT2D eigenvalue weighted by Gasteiger charge is 2.32. The van der Waals surface area contributed by atoms with Crippen LogP contribution in [0.2, 0.25) is 0 Å². The number of methoxy groups -OCH3 is 1. The number of piperazine rings is 1. The van der Waals surface area contributed by atoms with Crippen molar-refractivity contribution < 1.29 is 31.8 Å². The first-order chi connectivity index (χ1) is 18.3. The average Bonchev–Trinajstić information content (AvgIpc) is 3.40. The number of nitrogens with zero attached hydrogens (tertiary/aromatic N) is 3. The van der Waals surface area contributed by atoms with Gasteiger partial charge in [-0.15, -0.1) is 0 Å². The molecule has 2 aliphatic rings. The van der Waals surface area contributed by atoms with Crippen molar-refractivity contribution in [3.8, 4) is 23.3 Å². The standard InChI is InChI=1S/C26H23FN4O6S/c1-35-22-7-2-17(26(32)29-21-14-24-23(36-16-37-24)12-18(21)15-28)13-25(22)38(33,34)31-10-8-30(9-11-31)20-5-3-19(27)4-6-20/h2-7,12-14H,8-11,16H2,1H3,(H,29,32). The maximum atomic E-state index is 13.6. The molecule has 0 radical (unpaired) electrons. The van der Waals surface area contributed by atoms with Crippen molar-refractivity contribution in [3.05, 3.63) is 71.5 Å². The molecule has 1 amide bonds. The maximum Gasteiger partial charge on any atom is 0.255 e. The second kappa shape index (κ2) is 10.2. The lowest BCUT2D eigenvalue weighted by molar-refractivity contribution is 0.102. The number of anilines is 2. The van der Waals surface area contributed by atoms with Crippen LogP contribution in [0.1, 0.15) is 15.9 Å². The van der Waals surface area contributed by atoms with E-state index in [-0.39, 0.29) is 53.2 Å². The Kier molecular flexibility index (Phi) is 6.79. The molecule has 2 aliphatic heterocycles. The summed E-state index contributed by atoms with van der Waals surface area (Å²) in [4.78, 5) is 14.9. The van der Waals surface area contributed by atoms with Crippen LogP contribution >= 0.6 is 0 Å². The molecule has 1 fully saturated rings. The van der Waals surface area contributed by atoms with Crippen LogP contribution in [0, 0.1) is 17.1 Å². The summed E-state index contributed by atoms with van der Waals surface area (Å²) in [6.45, 7) is 1.22. The zero-order chi connectivity index (χ0) is 26.9. The minimum absolute atomic E-state index is 0.00939. The Balaban J connectivity index is 1.37. The summed E-state index contributed by atoms with van der Waals surface area (Å²) in [6, 6.07) is 15.1. The highest BCUT2D eigenvalue weighted by atomic mass is 32.2. The smallest absolute Gasteiger partial charge is 0.255 e. The Morgan fingerprint density at radius 3 is 2.37 bits per heavy atom. The molecule has 3 aromatic rings. The zero-order valence-electron chi connectivity index (χ0n) is 20.3. The van der Waals surface area contributed by atoms with Gasteiger partial charge in [-0.05, 0) is 42.5 Å². The van der Waals surface area contributed by atoms with E-state index in [9.17, 15) is 22.9 Å².